The van der Waals surface area contributed by atoms with Gasteiger partial charge >= 0.3 is 0 Å². The van der Waals surface area contributed by atoms with E-state index in [1.165, 1.54) is 6.07 Å². The summed E-state index contributed by atoms with van der Waals surface area (Å²) < 4.78 is 0. The topological polar surface area (TPSA) is 126 Å². The molecule has 0 saturated heterocycles. The van der Waals surface area contributed by atoms with Crippen LogP contribution in [0.15, 0.2) is 54.9 Å². The number of aliphatic hydroxyl groups is 1. The highest BCUT2D eigenvalue weighted by Gasteiger charge is 2.13. The van der Waals surface area contributed by atoms with Crippen molar-refractivity contribution < 1.29 is 10.0 Å². The predicted molar refractivity (Wildman–Crippen MR) is 106 cm³/mol. The van der Waals surface area contributed by atoms with Gasteiger partial charge in [0.1, 0.15) is 5.82 Å². The van der Waals surface area contributed by atoms with Crippen LogP contribution >= 0.6 is 0 Å². The van der Waals surface area contributed by atoms with Crippen molar-refractivity contribution >= 4 is 17.5 Å². The molecule has 3 rings (SSSR count). The molecule has 0 aliphatic heterocycles. The van der Waals surface area contributed by atoms with Crippen molar-refractivity contribution in [3.8, 4) is 11.3 Å². The van der Waals surface area contributed by atoms with E-state index in [2.05, 4.69) is 25.6 Å². The average molecular weight is 380 g/mol. The van der Waals surface area contributed by atoms with Gasteiger partial charge in [-0.3, -0.25) is 15.1 Å². The number of hydrogen-bond donors (Lipinski definition) is 3. The Kier molecular flexibility index (Phi) is 6.07. The first-order chi connectivity index (χ1) is 13.6. The molecule has 0 amide bonds. The summed E-state index contributed by atoms with van der Waals surface area (Å²) in [6.07, 6.45) is 3.34. The van der Waals surface area contributed by atoms with Crippen LogP contribution in [-0.2, 0) is 6.54 Å². The highest BCUT2D eigenvalue weighted by molar-refractivity contribution is 5.64. The van der Waals surface area contributed by atoms with Crippen molar-refractivity contribution in [2.75, 3.05) is 17.2 Å². The molecule has 28 heavy (non-hydrogen) atoms. The number of anilines is 2. The van der Waals surface area contributed by atoms with Gasteiger partial charge in [-0.1, -0.05) is 18.2 Å². The van der Waals surface area contributed by atoms with E-state index in [0.717, 1.165) is 5.56 Å². The van der Waals surface area contributed by atoms with Gasteiger partial charge < -0.3 is 15.7 Å². The monoisotopic (exact) mass is 380 g/mol. The third-order valence-electron chi connectivity index (χ3n) is 4.00. The standard InChI is InChI=1S/C19H20N6O3/c1-13(12-26)22-19-23-16(14-6-8-20-9-7-14)10-18(24-19)21-11-15-4-2-3-5-17(15)25(27)28/h2-10,13,26H,11-12H2,1H3,(H2,21,22,23,24)/t13-/m0/s1. The maximum atomic E-state index is 11.2. The first-order valence-electron chi connectivity index (χ1n) is 8.70. The third-order valence-corrected chi connectivity index (χ3v) is 4.00. The molecule has 0 aliphatic carbocycles. The molecule has 1 aromatic carbocycles. The van der Waals surface area contributed by atoms with E-state index in [9.17, 15) is 15.2 Å². The number of nitro groups is 1. The molecule has 9 nitrogen and oxygen atoms in total. The van der Waals surface area contributed by atoms with Crippen LogP contribution in [0.25, 0.3) is 11.3 Å². The largest absolute Gasteiger partial charge is 0.394 e. The smallest absolute Gasteiger partial charge is 0.274 e. The molecule has 0 spiro atoms. The predicted octanol–water partition coefficient (Wildman–Crippen LogP) is 2.85. The summed E-state index contributed by atoms with van der Waals surface area (Å²) in [7, 11) is 0. The molecule has 0 fully saturated rings. The van der Waals surface area contributed by atoms with E-state index >= 15 is 0 Å². The molecule has 2 aromatic heterocycles. The Morgan fingerprint density at radius 3 is 2.64 bits per heavy atom. The lowest BCUT2D eigenvalue weighted by atomic mass is 10.1. The lowest BCUT2D eigenvalue weighted by Gasteiger charge is -2.14. The van der Waals surface area contributed by atoms with Gasteiger partial charge in [0, 0.05) is 48.2 Å². The van der Waals surface area contributed by atoms with E-state index in [0.29, 0.717) is 23.0 Å². The van der Waals surface area contributed by atoms with Crippen LogP contribution in [0.1, 0.15) is 12.5 Å². The number of hydrogen-bond acceptors (Lipinski definition) is 8. The minimum absolute atomic E-state index is 0.0469. The molecule has 0 radical (unpaired) electrons. The van der Waals surface area contributed by atoms with Crippen LogP contribution in [-0.4, -0.2) is 37.6 Å². The summed E-state index contributed by atoms with van der Waals surface area (Å²) in [6, 6.07) is 11.7. The van der Waals surface area contributed by atoms with Gasteiger partial charge in [0.25, 0.3) is 5.69 Å². The number of pyridine rings is 1. The Bertz CT molecular complexity index is 951. The number of benzene rings is 1. The Labute approximate surface area is 161 Å². The van der Waals surface area contributed by atoms with Crippen molar-refractivity contribution in [2.24, 2.45) is 0 Å². The highest BCUT2D eigenvalue weighted by atomic mass is 16.6. The maximum Gasteiger partial charge on any atom is 0.274 e. The van der Waals surface area contributed by atoms with Crippen LogP contribution in [0.5, 0.6) is 0 Å². The zero-order chi connectivity index (χ0) is 19.9. The van der Waals surface area contributed by atoms with Crippen LogP contribution in [0.3, 0.4) is 0 Å². The Hall–Kier alpha value is -3.59. The summed E-state index contributed by atoms with van der Waals surface area (Å²) >= 11 is 0. The third kappa shape index (κ3) is 4.77. The molecule has 1 atom stereocenters. The van der Waals surface area contributed by atoms with Crippen molar-refractivity contribution in [3.05, 3.63) is 70.5 Å². The molecule has 9 heteroatoms. The van der Waals surface area contributed by atoms with Gasteiger partial charge in [0.15, 0.2) is 0 Å². The number of aliphatic hydroxyl groups excluding tert-OH is 1. The highest BCUT2D eigenvalue weighted by Crippen LogP contribution is 2.23. The number of nitrogens with one attached hydrogen (secondary N) is 2. The lowest BCUT2D eigenvalue weighted by Crippen LogP contribution is -2.21. The van der Waals surface area contributed by atoms with Crippen LogP contribution < -0.4 is 10.6 Å². The summed E-state index contributed by atoms with van der Waals surface area (Å²) in [5.74, 6) is 0.855. The second-order valence-electron chi connectivity index (χ2n) is 6.17. The van der Waals surface area contributed by atoms with Crippen molar-refractivity contribution in [1.29, 1.82) is 0 Å². The summed E-state index contributed by atoms with van der Waals surface area (Å²) in [5, 5.41) is 26.6. The molecule has 0 unspecified atom stereocenters. The molecule has 3 aromatic rings. The van der Waals surface area contributed by atoms with Gasteiger partial charge in [-0.05, 0) is 19.1 Å². The van der Waals surface area contributed by atoms with Gasteiger partial charge in [0.05, 0.1) is 17.2 Å². The SMILES string of the molecule is C[C@@H](CO)Nc1nc(NCc2ccccc2[N+](=O)[O-])cc(-c2ccncc2)n1. The summed E-state index contributed by atoms with van der Waals surface area (Å²) in [6.45, 7) is 1.98. The molecular formula is C19H20N6O3. The number of para-hydroxylation sites is 1. The Morgan fingerprint density at radius 2 is 1.93 bits per heavy atom. The van der Waals surface area contributed by atoms with Crippen LogP contribution in [0.2, 0.25) is 0 Å². The number of nitrogens with zero attached hydrogens (tertiary/aromatic N) is 4. The Balaban J connectivity index is 1.89. The fourth-order valence-corrected chi connectivity index (χ4v) is 2.56. The minimum Gasteiger partial charge on any atom is -0.394 e. The second-order valence-corrected chi connectivity index (χ2v) is 6.17. The molecule has 3 N–H and O–H groups in total. The summed E-state index contributed by atoms with van der Waals surface area (Å²) in [4.78, 5) is 23.7. The fraction of sp³-hybridized carbons (Fsp3) is 0.211. The van der Waals surface area contributed by atoms with E-state index in [4.69, 9.17) is 0 Å². The Morgan fingerprint density at radius 1 is 1.18 bits per heavy atom. The first kappa shape index (κ1) is 19.2. The van der Waals surface area contributed by atoms with Gasteiger partial charge in [0.2, 0.25) is 5.95 Å². The summed E-state index contributed by atoms with van der Waals surface area (Å²) in [5.41, 5.74) is 2.11. The van der Waals surface area contributed by atoms with E-state index in [1.54, 1.807) is 36.7 Å². The maximum absolute atomic E-state index is 11.2. The molecule has 2 heterocycles. The fourth-order valence-electron chi connectivity index (χ4n) is 2.56. The van der Waals surface area contributed by atoms with Crippen LogP contribution in [0.4, 0.5) is 17.5 Å². The average Bonchev–Trinajstić information content (AvgIpc) is 2.72. The quantitative estimate of drug-likeness (QED) is 0.402. The van der Waals surface area contributed by atoms with Gasteiger partial charge in [-0.25, -0.2) is 4.98 Å². The molecule has 0 aliphatic rings. The minimum atomic E-state index is -0.407. The normalized spacial score (nSPS) is 11.6. The second kappa shape index (κ2) is 8.87. The van der Waals surface area contributed by atoms with Crippen molar-refractivity contribution in [3.63, 3.8) is 0 Å². The molecule has 144 valence electrons. The zero-order valence-corrected chi connectivity index (χ0v) is 15.2. The number of aromatic nitrogens is 3. The van der Waals surface area contributed by atoms with E-state index in [1.807, 2.05) is 19.1 Å². The lowest BCUT2D eigenvalue weighted by molar-refractivity contribution is -0.385. The molecule has 0 saturated carbocycles. The number of nitro benzene ring substituents is 1. The first-order valence-corrected chi connectivity index (χ1v) is 8.70. The van der Waals surface area contributed by atoms with Crippen molar-refractivity contribution in [1.82, 2.24) is 15.0 Å². The van der Waals surface area contributed by atoms with E-state index < -0.39 is 4.92 Å². The number of rotatable bonds is 8. The van der Waals surface area contributed by atoms with Crippen molar-refractivity contribution in [2.45, 2.75) is 19.5 Å². The molecular weight excluding hydrogens is 360 g/mol. The zero-order valence-electron chi connectivity index (χ0n) is 15.2. The van der Waals surface area contributed by atoms with Crippen LogP contribution in [0, 0.1) is 10.1 Å². The van der Waals surface area contributed by atoms with Gasteiger partial charge in [-0.15, -0.1) is 0 Å². The van der Waals surface area contributed by atoms with Gasteiger partial charge in [-0.2, -0.15) is 4.98 Å². The van der Waals surface area contributed by atoms with E-state index in [-0.39, 0.29) is 24.9 Å². The molecule has 0 bridgehead atoms.